The number of nitrogens with zero attached hydrogens (tertiary/aromatic N) is 1. The molecule has 5 heteroatoms. The lowest BCUT2D eigenvalue weighted by atomic mass is 10.2. The molecule has 1 aromatic carbocycles. The van der Waals surface area contributed by atoms with Gasteiger partial charge in [0.05, 0.1) is 4.90 Å². The molecular weight excluding hydrogens is 272 g/mol. The van der Waals surface area contributed by atoms with Crippen LogP contribution in [-0.4, -0.2) is 32.4 Å². The molecule has 114 valence electrons. The van der Waals surface area contributed by atoms with Crippen molar-refractivity contribution in [2.75, 3.05) is 19.6 Å². The van der Waals surface area contributed by atoms with Gasteiger partial charge >= 0.3 is 0 Å². The van der Waals surface area contributed by atoms with Gasteiger partial charge in [0, 0.05) is 19.6 Å². The molecule has 0 aromatic heterocycles. The Kier molecular flexibility index (Phi) is 6.65. The monoisotopic (exact) mass is 298 g/mol. The first-order valence-electron chi connectivity index (χ1n) is 7.21. The molecule has 0 atom stereocenters. The highest BCUT2D eigenvalue weighted by molar-refractivity contribution is 7.89. The van der Waals surface area contributed by atoms with Crippen molar-refractivity contribution in [2.24, 2.45) is 5.92 Å². The number of hydrogen-bond donors (Lipinski definition) is 1. The second-order valence-corrected chi connectivity index (χ2v) is 7.22. The van der Waals surface area contributed by atoms with Gasteiger partial charge in [-0.3, -0.25) is 0 Å². The van der Waals surface area contributed by atoms with E-state index in [4.69, 9.17) is 0 Å². The zero-order chi connectivity index (χ0) is 15.2. The highest BCUT2D eigenvalue weighted by Gasteiger charge is 2.23. The molecule has 0 aliphatic rings. The molecule has 0 amide bonds. The van der Waals surface area contributed by atoms with Crippen molar-refractivity contribution < 1.29 is 8.42 Å². The van der Waals surface area contributed by atoms with Crippen LogP contribution in [0.1, 0.15) is 33.3 Å². The van der Waals surface area contributed by atoms with Crippen molar-refractivity contribution in [1.82, 2.24) is 9.62 Å². The summed E-state index contributed by atoms with van der Waals surface area (Å²) in [4.78, 5) is 0.385. The first kappa shape index (κ1) is 17.1. The van der Waals surface area contributed by atoms with Crippen LogP contribution in [0.3, 0.4) is 0 Å². The van der Waals surface area contributed by atoms with E-state index in [1.807, 2.05) is 39.8 Å². The van der Waals surface area contributed by atoms with E-state index in [1.54, 1.807) is 16.4 Å². The minimum atomic E-state index is -3.39. The van der Waals surface area contributed by atoms with Gasteiger partial charge in [-0.2, -0.15) is 4.31 Å². The standard InChI is InChI=1S/C15H26N2O2S/c1-5-16-11-14-8-7-9-15(10-14)20(18,19)17(6-2)12-13(3)4/h7-10,13,16H,5-6,11-12H2,1-4H3. The maximum atomic E-state index is 12.6. The van der Waals surface area contributed by atoms with Crippen LogP contribution in [-0.2, 0) is 16.6 Å². The Hall–Kier alpha value is -0.910. The lowest BCUT2D eigenvalue weighted by Gasteiger charge is -2.22. The van der Waals surface area contributed by atoms with Gasteiger partial charge in [-0.1, -0.05) is 39.8 Å². The zero-order valence-electron chi connectivity index (χ0n) is 12.9. The molecule has 0 spiro atoms. The minimum absolute atomic E-state index is 0.315. The maximum absolute atomic E-state index is 12.6. The molecule has 0 unspecified atom stereocenters. The van der Waals surface area contributed by atoms with E-state index in [2.05, 4.69) is 5.32 Å². The Morgan fingerprint density at radius 2 is 1.95 bits per heavy atom. The summed E-state index contributed by atoms with van der Waals surface area (Å²) >= 11 is 0. The van der Waals surface area contributed by atoms with Crippen LogP contribution in [0.4, 0.5) is 0 Å². The van der Waals surface area contributed by atoms with Gasteiger partial charge in [0.2, 0.25) is 10.0 Å². The van der Waals surface area contributed by atoms with Crippen LogP contribution in [0.2, 0.25) is 0 Å². The van der Waals surface area contributed by atoms with Crippen LogP contribution >= 0.6 is 0 Å². The largest absolute Gasteiger partial charge is 0.313 e. The Balaban J connectivity index is 3.01. The van der Waals surface area contributed by atoms with Crippen molar-refractivity contribution in [3.05, 3.63) is 29.8 Å². The second-order valence-electron chi connectivity index (χ2n) is 5.28. The second kappa shape index (κ2) is 7.76. The van der Waals surface area contributed by atoms with E-state index < -0.39 is 10.0 Å². The molecule has 0 radical (unpaired) electrons. The first-order chi connectivity index (χ1) is 9.41. The van der Waals surface area contributed by atoms with Gasteiger partial charge in [0.25, 0.3) is 0 Å². The summed E-state index contributed by atoms with van der Waals surface area (Å²) in [6, 6.07) is 7.19. The van der Waals surface area contributed by atoms with Crippen LogP contribution in [0, 0.1) is 5.92 Å². The number of rotatable bonds is 8. The zero-order valence-corrected chi connectivity index (χ0v) is 13.7. The third-order valence-electron chi connectivity index (χ3n) is 3.04. The maximum Gasteiger partial charge on any atom is 0.243 e. The molecule has 0 aliphatic heterocycles. The van der Waals surface area contributed by atoms with Gasteiger partial charge in [0.15, 0.2) is 0 Å². The Bertz CT molecular complexity index is 512. The summed E-state index contributed by atoms with van der Waals surface area (Å²) < 4.78 is 26.8. The number of nitrogens with one attached hydrogen (secondary N) is 1. The highest BCUT2D eigenvalue weighted by atomic mass is 32.2. The van der Waals surface area contributed by atoms with Gasteiger partial charge in [-0.05, 0) is 30.2 Å². The lowest BCUT2D eigenvalue weighted by molar-refractivity contribution is 0.381. The van der Waals surface area contributed by atoms with Crippen molar-refractivity contribution in [3.63, 3.8) is 0 Å². The van der Waals surface area contributed by atoms with E-state index in [0.29, 0.717) is 30.4 Å². The third kappa shape index (κ3) is 4.58. The van der Waals surface area contributed by atoms with E-state index in [9.17, 15) is 8.42 Å². The summed E-state index contributed by atoms with van der Waals surface area (Å²) in [5, 5.41) is 3.21. The van der Waals surface area contributed by atoms with E-state index in [0.717, 1.165) is 12.1 Å². The third-order valence-corrected chi connectivity index (χ3v) is 4.97. The van der Waals surface area contributed by atoms with Crippen molar-refractivity contribution in [3.8, 4) is 0 Å². The van der Waals surface area contributed by atoms with Crippen molar-refractivity contribution >= 4 is 10.0 Å². The van der Waals surface area contributed by atoms with E-state index in [-0.39, 0.29) is 0 Å². The van der Waals surface area contributed by atoms with Crippen LogP contribution < -0.4 is 5.32 Å². The number of sulfonamides is 1. The van der Waals surface area contributed by atoms with E-state index in [1.165, 1.54) is 0 Å². The Morgan fingerprint density at radius 1 is 1.25 bits per heavy atom. The molecule has 0 heterocycles. The van der Waals surface area contributed by atoms with Crippen LogP contribution in [0.5, 0.6) is 0 Å². The summed E-state index contributed by atoms with van der Waals surface area (Å²) in [6.07, 6.45) is 0. The summed E-state index contributed by atoms with van der Waals surface area (Å²) in [5.74, 6) is 0.315. The SMILES string of the molecule is CCNCc1cccc(S(=O)(=O)N(CC)CC(C)C)c1. The highest BCUT2D eigenvalue weighted by Crippen LogP contribution is 2.18. The summed E-state index contributed by atoms with van der Waals surface area (Å²) in [5.41, 5.74) is 0.994. The average molecular weight is 298 g/mol. The fraction of sp³-hybridized carbons (Fsp3) is 0.600. The number of hydrogen-bond acceptors (Lipinski definition) is 3. The molecule has 0 saturated heterocycles. The average Bonchev–Trinajstić information content (AvgIpc) is 2.42. The first-order valence-corrected chi connectivity index (χ1v) is 8.65. The topological polar surface area (TPSA) is 49.4 Å². The minimum Gasteiger partial charge on any atom is -0.313 e. The molecular formula is C15H26N2O2S. The quantitative estimate of drug-likeness (QED) is 0.802. The van der Waals surface area contributed by atoms with Gasteiger partial charge in [-0.15, -0.1) is 0 Å². The predicted octanol–water partition coefficient (Wildman–Crippen LogP) is 2.46. The van der Waals surface area contributed by atoms with Crippen molar-refractivity contribution in [2.45, 2.75) is 39.1 Å². The Labute approximate surface area is 123 Å². The van der Waals surface area contributed by atoms with Crippen LogP contribution in [0.25, 0.3) is 0 Å². The molecule has 4 nitrogen and oxygen atoms in total. The predicted molar refractivity (Wildman–Crippen MR) is 83.1 cm³/mol. The van der Waals surface area contributed by atoms with Gasteiger partial charge in [-0.25, -0.2) is 8.42 Å². The molecule has 1 rings (SSSR count). The summed E-state index contributed by atoms with van der Waals surface area (Å²) in [6.45, 7) is 10.6. The Morgan fingerprint density at radius 3 is 2.50 bits per heavy atom. The number of benzene rings is 1. The normalized spacial score (nSPS) is 12.3. The van der Waals surface area contributed by atoms with E-state index >= 15 is 0 Å². The molecule has 20 heavy (non-hydrogen) atoms. The molecule has 1 aromatic rings. The molecule has 0 saturated carbocycles. The fourth-order valence-electron chi connectivity index (χ4n) is 2.04. The molecule has 1 N–H and O–H groups in total. The lowest BCUT2D eigenvalue weighted by Crippen LogP contribution is -2.34. The van der Waals surface area contributed by atoms with Gasteiger partial charge < -0.3 is 5.32 Å². The molecule has 0 fully saturated rings. The van der Waals surface area contributed by atoms with Crippen LogP contribution in [0.15, 0.2) is 29.2 Å². The fourth-order valence-corrected chi connectivity index (χ4v) is 3.72. The summed E-state index contributed by atoms with van der Waals surface area (Å²) in [7, 11) is -3.39. The van der Waals surface area contributed by atoms with Gasteiger partial charge in [0.1, 0.15) is 0 Å². The smallest absolute Gasteiger partial charge is 0.243 e. The van der Waals surface area contributed by atoms with Crippen molar-refractivity contribution in [1.29, 1.82) is 0 Å². The molecule has 0 aliphatic carbocycles. The molecule has 0 bridgehead atoms.